The van der Waals surface area contributed by atoms with Crippen molar-refractivity contribution in [2.75, 3.05) is 6.54 Å². The Labute approximate surface area is 98.4 Å². The van der Waals surface area contributed by atoms with Crippen LogP contribution in [0.5, 0.6) is 0 Å². The number of hydrogen-bond acceptors (Lipinski definition) is 2. The lowest BCUT2D eigenvalue weighted by molar-refractivity contribution is -0.149. The Bertz CT molecular complexity index is 268. The van der Waals surface area contributed by atoms with E-state index in [9.17, 15) is 4.79 Å². The first-order valence-corrected chi connectivity index (χ1v) is 6.67. The fourth-order valence-corrected chi connectivity index (χ4v) is 3.22. The molecule has 1 aliphatic heterocycles. The number of carbonyl (C=O) groups excluding carboxylic acids is 1. The molecule has 92 valence electrons. The lowest BCUT2D eigenvalue weighted by Gasteiger charge is -2.44. The predicted molar refractivity (Wildman–Crippen MR) is 65.0 cm³/mol. The molecule has 0 radical (unpaired) electrons. The van der Waals surface area contributed by atoms with Crippen LogP contribution in [0.1, 0.15) is 52.4 Å². The maximum Gasteiger partial charge on any atom is 0.230 e. The van der Waals surface area contributed by atoms with E-state index >= 15 is 0 Å². The van der Waals surface area contributed by atoms with E-state index in [-0.39, 0.29) is 5.41 Å². The highest BCUT2D eigenvalue weighted by molar-refractivity contribution is 5.84. The molecule has 16 heavy (non-hydrogen) atoms. The van der Waals surface area contributed by atoms with E-state index in [1.54, 1.807) is 0 Å². The van der Waals surface area contributed by atoms with Crippen LogP contribution in [0.2, 0.25) is 0 Å². The molecule has 1 saturated carbocycles. The Hall–Kier alpha value is -0.570. The third-order valence-corrected chi connectivity index (χ3v) is 4.65. The van der Waals surface area contributed by atoms with Gasteiger partial charge in [0.2, 0.25) is 5.91 Å². The van der Waals surface area contributed by atoms with Crippen molar-refractivity contribution in [1.82, 2.24) is 4.90 Å². The molecule has 0 aromatic carbocycles. The molecule has 2 aliphatic rings. The van der Waals surface area contributed by atoms with Gasteiger partial charge in [0.15, 0.2) is 0 Å². The summed E-state index contributed by atoms with van der Waals surface area (Å²) in [4.78, 5) is 14.8. The smallest absolute Gasteiger partial charge is 0.230 e. The molecule has 0 aromatic rings. The van der Waals surface area contributed by atoms with Crippen molar-refractivity contribution in [3.63, 3.8) is 0 Å². The van der Waals surface area contributed by atoms with Crippen molar-refractivity contribution in [3.05, 3.63) is 0 Å². The Kier molecular flexibility index (Phi) is 3.24. The van der Waals surface area contributed by atoms with Crippen LogP contribution in [-0.2, 0) is 4.79 Å². The third-order valence-electron chi connectivity index (χ3n) is 4.65. The van der Waals surface area contributed by atoms with Gasteiger partial charge in [0.05, 0.1) is 5.41 Å². The second kappa shape index (κ2) is 4.36. The van der Waals surface area contributed by atoms with E-state index in [4.69, 9.17) is 5.73 Å². The number of rotatable bonds is 3. The fraction of sp³-hybridized carbons (Fsp3) is 0.923. The molecule has 3 nitrogen and oxygen atoms in total. The molecular formula is C13H24N2O. The summed E-state index contributed by atoms with van der Waals surface area (Å²) in [6, 6.07) is 0.882. The number of nitrogens with two attached hydrogens (primary N) is 1. The molecule has 2 unspecified atom stereocenters. The molecule has 0 aromatic heterocycles. The first-order chi connectivity index (χ1) is 7.64. The van der Waals surface area contributed by atoms with Crippen molar-refractivity contribution in [1.29, 1.82) is 0 Å². The summed E-state index contributed by atoms with van der Waals surface area (Å²) in [5.74, 6) is 0.345. The first-order valence-electron chi connectivity index (χ1n) is 6.67. The van der Waals surface area contributed by atoms with Gasteiger partial charge in [0.25, 0.3) is 0 Å². The molecule has 2 rings (SSSR count). The van der Waals surface area contributed by atoms with Crippen LogP contribution in [0.15, 0.2) is 0 Å². The van der Waals surface area contributed by atoms with Crippen molar-refractivity contribution in [2.24, 2.45) is 11.1 Å². The molecule has 3 heteroatoms. The van der Waals surface area contributed by atoms with Crippen LogP contribution >= 0.6 is 0 Å². The SMILES string of the molecule is CCC1CCC(C)N1C(=O)C1(CN)CCC1. The normalized spacial score (nSPS) is 32.6. The van der Waals surface area contributed by atoms with Gasteiger partial charge in [-0.1, -0.05) is 13.3 Å². The Morgan fingerprint density at radius 3 is 2.56 bits per heavy atom. The highest BCUT2D eigenvalue weighted by Gasteiger charge is 2.48. The van der Waals surface area contributed by atoms with E-state index in [0.717, 1.165) is 25.7 Å². The lowest BCUT2D eigenvalue weighted by atomic mass is 9.67. The second-order valence-corrected chi connectivity index (χ2v) is 5.54. The highest BCUT2D eigenvalue weighted by Crippen LogP contribution is 2.44. The van der Waals surface area contributed by atoms with Crippen molar-refractivity contribution < 1.29 is 4.79 Å². The predicted octanol–water partition coefficient (Wildman–Crippen LogP) is 1.90. The fourth-order valence-electron chi connectivity index (χ4n) is 3.22. The molecule has 0 spiro atoms. The highest BCUT2D eigenvalue weighted by atomic mass is 16.2. The Morgan fingerprint density at radius 2 is 2.12 bits per heavy atom. The zero-order valence-corrected chi connectivity index (χ0v) is 10.5. The van der Waals surface area contributed by atoms with Crippen molar-refractivity contribution >= 4 is 5.91 Å². The van der Waals surface area contributed by atoms with Gasteiger partial charge in [-0.25, -0.2) is 0 Å². The topological polar surface area (TPSA) is 46.3 Å². The molecule has 2 N–H and O–H groups in total. The summed E-state index contributed by atoms with van der Waals surface area (Å²) in [7, 11) is 0. The van der Waals surface area contributed by atoms with Gasteiger partial charge in [0.1, 0.15) is 0 Å². The van der Waals surface area contributed by atoms with Crippen LogP contribution < -0.4 is 5.73 Å². The number of likely N-dealkylation sites (tertiary alicyclic amines) is 1. The summed E-state index contributed by atoms with van der Waals surface area (Å²) in [5, 5.41) is 0. The first kappa shape index (κ1) is 11.9. The largest absolute Gasteiger partial charge is 0.336 e. The van der Waals surface area contributed by atoms with Crippen LogP contribution in [0.25, 0.3) is 0 Å². The number of amides is 1. The monoisotopic (exact) mass is 224 g/mol. The van der Waals surface area contributed by atoms with Crippen LogP contribution in [-0.4, -0.2) is 29.4 Å². The van der Waals surface area contributed by atoms with Gasteiger partial charge < -0.3 is 10.6 Å². The quantitative estimate of drug-likeness (QED) is 0.796. The average molecular weight is 224 g/mol. The van der Waals surface area contributed by atoms with Gasteiger partial charge >= 0.3 is 0 Å². The summed E-state index contributed by atoms with van der Waals surface area (Å²) in [6.07, 6.45) is 6.58. The minimum absolute atomic E-state index is 0.188. The minimum atomic E-state index is -0.188. The minimum Gasteiger partial charge on any atom is -0.336 e. The Morgan fingerprint density at radius 1 is 1.44 bits per heavy atom. The number of carbonyl (C=O) groups is 1. The number of hydrogen-bond donors (Lipinski definition) is 1. The van der Waals surface area contributed by atoms with Crippen LogP contribution in [0, 0.1) is 5.41 Å². The Balaban J connectivity index is 2.13. The zero-order chi connectivity index (χ0) is 11.8. The number of nitrogens with zero attached hydrogens (tertiary/aromatic N) is 1. The van der Waals surface area contributed by atoms with Gasteiger partial charge in [-0.05, 0) is 39.0 Å². The lowest BCUT2D eigenvalue weighted by Crippen LogP contribution is -2.54. The summed E-state index contributed by atoms with van der Waals surface area (Å²) < 4.78 is 0. The summed E-state index contributed by atoms with van der Waals surface area (Å²) in [5.41, 5.74) is 5.63. The van der Waals surface area contributed by atoms with Crippen molar-refractivity contribution in [2.45, 2.75) is 64.5 Å². The summed E-state index contributed by atoms with van der Waals surface area (Å²) >= 11 is 0. The molecule has 1 heterocycles. The third kappa shape index (κ3) is 1.65. The van der Waals surface area contributed by atoms with Crippen LogP contribution in [0.3, 0.4) is 0 Å². The van der Waals surface area contributed by atoms with E-state index in [0.29, 0.717) is 24.5 Å². The zero-order valence-electron chi connectivity index (χ0n) is 10.5. The molecule has 1 amide bonds. The van der Waals surface area contributed by atoms with E-state index in [2.05, 4.69) is 18.7 Å². The molecule has 1 saturated heterocycles. The maximum absolute atomic E-state index is 12.6. The maximum atomic E-state index is 12.6. The molecule has 1 aliphatic carbocycles. The van der Waals surface area contributed by atoms with Gasteiger partial charge in [0, 0.05) is 18.6 Å². The van der Waals surface area contributed by atoms with Gasteiger partial charge in [-0.15, -0.1) is 0 Å². The van der Waals surface area contributed by atoms with E-state index in [1.807, 2.05) is 0 Å². The second-order valence-electron chi connectivity index (χ2n) is 5.54. The molecule has 0 bridgehead atoms. The summed E-state index contributed by atoms with van der Waals surface area (Å²) in [6.45, 7) is 4.89. The van der Waals surface area contributed by atoms with Gasteiger partial charge in [-0.2, -0.15) is 0 Å². The standard InChI is InChI=1S/C13H24N2O/c1-3-11-6-5-10(2)15(11)12(16)13(9-14)7-4-8-13/h10-11H,3-9,14H2,1-2H3. The average Bonchev–Trinajstić information content (AvgIpc) is 2.58. The van der Waals surface area contributed by atoms with E-state index < -0.39 is 0 Å². The van der Waals surface area contributed by atoms with Gasteiger partial charge in [-0.3, -0.25) is 4.79 Å². The van der Waals surface area contributed by atoms with E-state index in [1.165, 1.54) is 12.8 Å². The van der Waals surface area contributed by atoms with Crippen molar-refractivity contribution in [3.8, 4) is 0 Å². The van der Waals surface area contributed by atoms with Crippen LogP contribution in [0.4, 0.5) is 0 Å². The molecular weight excluding hydrogens is 200 g/mol. The molecule has 2 atom stereocenters. The molecule has 2 fully saturated rings.